The SMILES string of the molecule is O=C(Nc1ccc([C@H]2OCC(=O)N(C3CCOCC3)[C@@H]2CO)cc1)C1CCC1. The molecule has 2 atom stereocenters. The number of aliphatic hydroxyl groups is 1. The zero-order valence-corrected chi connectivity index (χ0v) is 16.0. The van der Waals surface area contributed by atoms with E-state index in [0.717, 1.165) is 43.4 Å². The number of aliphatic hydroxyl groups excluding tert-OH is 1. The molecule has 0 spiro atoms. The van der Waals surface area contributed by atoms with Crippen molar-refractivity contribution in [3.05, 3.63) is 29.8 Å². The fourth-order valence-corrected chi connectivity index (χ4v) is 4.29. The molecule has 0 unspecified atom stereocenters. The van der Waals surface area contributed by atoms with Crippen LogP contribution in [0.3, 0.4) is 0 Å². The van der Waals surface area contributed by atoms with Crippen molar-refractivity contribution in [3.8, 4) is 0 Å². The van der Waals surface area contributed by atoms with Crippen molar-refractivity contribution in [1.29, 1.82) is 0 Å². The number of ether oxygens (including phenoxy) is 2. The first kappa shape index (κ1) is 19.4. The summed E-state index contributed by atoms with van der Waals surface area (Å²) in [5.74, 6) is 0.142. The van der Waals surface area contributed by atoms with Gasteiger partial charge in [0.2, 0.25) is 11.8 Å². The Morgan fingerprint density at radius 3 is 2.46 bits per heavy atom. The van der Waals surface area contributed by atoms with Gasteiger partial charge in [-0.05, 0) is 43.4 Å². The number of morpholine rings is 1. The molecule has 7 heteroatoms. The molecule has 2 aliphatic heterocycles. The van der Waals surface area contributed by atoms with Crippen LogP contribution < -0.4 is 5.32 Å². The summed E-state index contributed by atoms with van der Waals surface area (Å²) in [5, 5.41) is 13.0. The van der Waals surface area contributed by atoms with Gasteiger partial charge in [0, 0.05) is 30.9 Å². The normalized spacial score (nSPS) is 26.8. The van der Waals surface area contributed by atoms with Gasteiger partial charge < -0.3 is 24.8 Å². The third-order valence-corrected chi connectivity index (χ3v) is 6.14. The fraction of sp³-hybridized carbons (Fsp3) is 0.619. The third-order valence-electron chi connectivity index (χ3n) is 6.14. The summed E-state index contributed by atoms with van der Waals surface area (Å²) in [4.78, 5) is 26.4. The summed E-state index contributed by atoms with van der Waals surface area (Å²) in [5.41, 5.74) is 1.65. The molecule has 2 N–H and O–H groups in total. The first-order valence-electron chi connectivity index (χ1n) is 10.2. The number of rotatable bonds is 5. The van der Waals surface area contributed by atoms with E-state index in [1.54, 1.807) is 0 Å². The highest BCUT2D eigenvalue weighted by molar-refractivity contribution is 5.93. The Balaban J connectivity index is 1.47. The van der Waals surface area contributed by atoms with Gasteiger partial charge in [0.05, 0.1) is 12.6 Å². The zero-order chi connectivity index (χ0) is 19.5. The Hall–Kier alpha value is -1.96. The van der Waals surface area contributed by atoms with Crippen LogP contribution in [0.25, 0.3) is 0 Å². The summed E-state index contributed by atoms with van der Waals surface area (Å²) in [7, 11) is 0. The Bertz CT molecular complexity index is 697. The van der Waals surface area contributed by atoms with Crippen molar-refractivity contribution in [2.45, 2.75) is 50.3 Å². The lowest BCUT2D eigenvalue weighted by Gasteiger charge is -2.45. The van der Waals surface area contributed by atoms with Crippen LogP contribution in [-0.4, -0.2) is 60.3 Å². The van der Waals surface area contributed by atoms with Crippen molar-refractivity contribution in [1.82, 2.24) is 4.90 Å². The lowest BCUT2D eigenvalue weighted by Crippen LogP contribution is -2.57. The number of carbonyl (C=O) groups excluding carboxylic acids is 2. The van der Waals surface area contributed by atoms with E-state index < -0.39 is 6.04 Å². The van der Waals surface area contributed by atoms with E-state index in [0.29, 0.717) is 13.2 Å². The topological polar surface area (TPSA) is 88.1 Å². The summed E-state index contributed by atoms with van der Waals surface area (Å²) in [6.07, 6.45) is 4.23. The first-order chi connectivity index (χ1) is 13.7. The molecule has 1 saturated carbocycles. The minimum Gasteiger partial charge on any atom is -0.394 e. The number of hydrogen-bond acceptors (Lipinski definition) is 5. The van der Waals surface area contributed by atoms with Crippen LogP contribution in [0, 0.1) is 5.92 Å². The monoisotopic (exact) mass is 388 g/mol. The highest BCUT2D eigenvalue weighted by atomic mass is 16.5. The number of nitrogens with zero attached hydrogens (tertiary/aromatic N) is 1. The maximum absolute atomic E-state index is 12.5. The largest absolute Gasteiger partial charge is 0.394 e. The van der Waals surface area contributed by atoms with Crippen LogP contribution in [0.5, 0.6) is 0 Å². The van der Waals surface area contributed by atoms with E-state index >= 15 is 0 Å². The zero-order valence-electron chi connectivity index (χ0n) is 16.0. The predicted octanol–water partition coefficient (Wildman–Crippen LogP) is 1.86. The molecule has 1 aromatic rings. The molecule has 0 bridgehead atoms. The second-order valence-electron chi connectivity index (χ2n) is 7.87. The van der Waals surface area contributed by atoms with E-state index in [4.69, 9.17) is 9.47 Å². The molecule has 3 fully saturated rings. The molecular formula is C21H28N2O5. The van der Waals surface area contributed by atoms with E-state index in [-0.39, 0.29) is 43.1 Å². The van der Waals surface area contributed by atoms with Gasteiger partial charge in [-0.1, -0.05) is 18.6 Å². The number of benzene rings is 1. The van der Waals surface area contributed by atoms with Crippen LogP contribution in [-0.2, 0) is 19.1 Å². The molecule has 4 rings (SSSR count). The van der Waals surface area contributed by atoms with E-state index in [1.807, 2.05) is 29.2 Å². The second kappa shape index (κ2) is 8.59. The molecule has 152 valence electrons. The number of amides is 2. The number of anilines is 1. The highest BCUT2D eigenvalue weighted by Gasteiger charge is 2.41. The second-order valence-corrected chi connectivity index (χ2v) is 7.87. The van der Waals surface area contributed by atoms with Gasteiger partial charge in [0.15, 0.2) is 0 Å². The van der Waals surface area contributed by atoms with E-state index in [9.17, 15) is 14.7 Å². The van der Waals surface area contributed by atoms with E-state index in [2.05, 4.69) is 5.32 Å². The van der Waals surface area contributed by atoms with Crippen molar-refractivity contribution in [2.75, 3.05) is 31.7 Å². The van der Waals surface area contributed by atoms with Crippen molar-refractivity contribution >= 4 is 17.5 Å². The molecule has 0 aromatic heterocycles. The minimum absolute atomic E-state index is 0.0126. The van der Waals surface area contributed by atoms with Gasteiger partial charge in [0.25, 0.3) is 0 Å². The average molecular weight is 388 g/mol. The molecule has 1 aromatic carbocycles. The smallest absolute Gasteiger partial charge is 0.249 e. The minimum atomic E-state index is -0.417. The fourth-order valence-electron chi connectivity index (χ4n) is 4.29. The Morgan fingerprint density at radius 1 is 1.14 bits per heavy atom. The van der Waals surface area contributed by atoms with Gasteiger partial charge >= 0.3 is 0 Å². The van der Waals surface area contributed by atoms with Crippen LogP contribution in [0.4, 0.5) is 5.69 Å². The molecule has 1 aliphatic carbocycles. The lowest BCUT2D eigenvalue weighted by atomic mass is 9.85. The molecule has 3 aliphatic rings. The predicted molar refractivity (Wildman–Crippen MR) is 103 cm³/mol. The van der Waals surface area contributed by atoms with Gasteiger partial charge in [0.1, 0.15) is 12.7 Å². The van der Waals surface area contributed by atoms with Crippen LogP contribution in [0.15, 0.2) is 24.3 Å². The highest BCUT2D eigenvalue weighted by Crippen LogP contribution is 2.33. The standard InChI is InChI=1S/C21H28N2O5/c24-12-18-20(28-13-19(25)23(18)17-8-10-27-11-9-17)14-4-6-16(7-5-14)22-21(26)15-2-1-3-15/h4-7,15,17-18,20,24H,1-3,8-13H2,(H,22,26)/t18-,20-/m1/s1. The number of nitrogens with one attached hydrogen (secondary N) is 1. The maximum Gasteiger partial charge on any atom is 0.249 e. The van der Waals surface area contributed by atoms with Crippen molar-refractivity contribution < 1.29 is 24.2 Å². The summed E-state index contributed by atoms with van der Waals surface area (Å²) in [6, 6.07) is 7.19. The maximum atomic E-state index is 12.5. The lowest BCUT2D eigenvalue weighted by molar-refractivity contribution is -0.168. The molecule has 7 nitrogen and oxygen atoms in total. The third kappa shape index (κ3) is 3.92. The van der Waals surface area contributed by atoms with E-state index in [1.165, 1.54) is 0 Å². The summed E-state index contributed by atoms with van der Waals surface area (Å²) in [6.45, 7) is 1.12. The molecular weight excluding hydrogens is 360 g/mol. The van der Waals surface area contributed by atoms with Gasteiger partial charge in [-0.15, -0.1) is 0 Å². The van der Waals surface area contributed by atoms with Crippen LogP contribution in [0.2, 0.25) is 0 Å². The molecule has 0 radical (unpaired) electrons. The molecule has 2 saturated heterocycles. The van der Waals surface area contributed by atoms with Gasteiger partial charge in [-0.25, -0.2) is 0 Å². The number of hydrogen-bond donors (Lipinski definition) is 2. The number of carbonyl (C=O) groups is 2. The van der Waals surface area contributed by atoms with Gasteiger partial charge in [-0.2, -0.15) is 0 Å². The van der Waals surface area contributed by atoms with Gasteiger partial charge in [-0.3, -0.25) is 9.59 Å². The summed E-state index contributed by atoms with van der Waals surface area (Å²) >= 11 is 0. The molecule has 28 heavy (non-hydrogen) atoms. The Kier molecular flexibility index (Phi) is 5.94. The molecule has 2 heterocycles. The first-order valence-corrected chi connectivity index (χ1v) is 10.2. The quantitative estimate of drug-likeness (QED) is 0.804. The van der Waals surface area contributed by atoms with Crippen LogP contribution in [0.1, 0.15) is 43.8 Å². The van der Waals surface area contributed by atoms with Crippen molar-refractivity contribution in [3.63, 3.8) is 0 Å². The Morgan fingerprint density at radius 2 is 1.86 bits per heavy atom. The van der Waals surface area contributed by atoms with Crippen LogP contribution >= 0.6 is 0 Å². The Labute approximate surface area is 165 Å². The molecule has 2 amide bonds. The average Bonchev–Trinajstić information content (AvgIpc) is 2.67. The summed E-state index contributed by atoms with van der Waals surface area (Å²) < 4.78 is 11.2. The van der Waals surface area contributed by atoms with Crippen molar-refractivity contribution in [2.24, 2.45) is 5.92 Å².